The van der Waals surface area contributed by atoms with Gasteiger partial charge in [-0.25, -0.2) is 4.39 Å². The molecule has 3 heteroatoms. The van der Waals surface area contributed by atoms with Crippen LogP contribution in [0, 0.1) is 17.7 Å². The zero-order chi connectivity index (χ0) is 11.1. The maximum absolute atomic E-state index is 12.8. The lowest BCUT2D eigenvalue weighted by Gasteiger charge is -1.95. The van der Waals surface area contributed by atoms with Gasteiger partial charge in [-0.05, 0) is 24.6 Å². The third kappa shape index (κ3) is 3.73. The van der Waals surface area contributed by atoms with Gasteiger partial charge in [0.15, 0.2) is 6.29 Å². The molecule has 0 N–H and O–H groups in total. The Labute approximate surface area is 93.3 Å². The van der Waals surface area contributed by atoms with E-state index in [2.05, 4.69) is 11.8 Å². The molecule has 1 rings (SSSR count). The van der Waals surface area contributed by atoms with Gasteiger partial charge >= 0.3 is 0 Å². The van der Waals surface area contributed by atoms with Crippen LogP contribution in [0.15, 0.2) is 18.2 Å². The van der Waals surface area contributed by atoms with Crippen LogP contribution in [0.4, 0.5) is 4.39 Å². The maximum Gasteiger partial charge on any atom is 0.151 e. The van der Waals surface area contributed by atoms with Crippen LogP contribution in [0.25, 0.3) is 0 Å². The van der Waals surface area contributed by atoms with Gasteiger partial charge in [-0.3, -0.25) is 4.79 Å². The summed E-state index contributed by atoms with van der Waals surface area (Å²) in [5.41, 5.74) is 0.842. The lowest BCUT2D eigenvalue weighted by atomic mass is 10.1. The minimum atomic E-state index is -0.427. The number of unbranched alkanes of at least 4 members (excludes halogenated alkanes) is 1. The second kappa shape index (κ2) is 6.21. The van der Waals surface area contributed by atoms with Gasteiger partial charge in [0.2, 0.25) is 0 Å². The zero-order valence-electron chi connectivity index (χ0n) is 8.09. The number of carbonyl (C=O) groups excluding carboxylic acids is 1. The van der Waals surface area contributed by atoms with Gasteiger partial charge in [0.1, 0.15) is 5.82 Å². The molecule has 0 heterocycles. The normalized spacial score (nSPS) is 9.20. The third-order valence-electron chi connectivity index (χ3n) is 1.80. The molecule has 78 valence electrons. The van der Waals surface area contributed by atoms with Gasteiger partial charge in [0.05, 0.1) is 0 Å². The monoisotopic (exact) mass is 224 g/mol. The van der Waals surface area contributed by atoms with Crippen molar-refractivity contribution in [2.24, 2.45) is 0 Å². The van der Waals surface area contributed by atoms with Crippen molar-refractivity contribution in [3.8, 4) is 11.8 Å². The second-order valence-corrected chi connectivity index (χ2v) is 3.32. The molecule has 0 aliphatic rings. The molecular formula is C12H10ClFO. The van der Waals surface area contributed by atoms with Crippen LogP contribution >= 0.6 is 11.6 Å². The Morgan fingerprint density at radius 3 is 2.93 bits per heavy atom. The average molecular weight is 225 g/mol. The lowest BCUT2D eigenvalue weighted by Crippen LogP contribution is -1.88. The Morgan fingerprint density at radius 2 is 2.27 bits per heavy atom. The molecule has 0 amide bonds. The number of benzene rings is 1. The number of halogens is 2. The van der Waals surface area contributed by atoms with E-state index in [1.165, 1.54) is 18.2 Å². The number of carbonyl (C=O) groups is 1. The van der Waals surface area contributed by atoms with Crippen molar-refractivity contribution in [3.05, 3.63) is 35.1 Å². The summed E-state index contributed by atoms with van der Waals surface area (Å²) in [6, 6.07) is 3.98. The van der Waals surface area contributed by atoms with Crippen LogP contribution < -0.4 is 0 Å². The Morgan fingerprint density at radius 1 is 1.47 bits per heavy atom. The molecule has 0 saturated carbocycles. The maximum atomic E-state index is 12.8. The van der Waals surface area contributed by atoms with Crippen molar-refractivity contribution in [2.75, 3.05) is 5.88 Å². The third-order valence-corrected chi connectivity index (χ3v) is 2.07. The molecule has 15 heavy (non-hydrogen) atoms. The van der Waals surface area contributed by atoms with Gasteiger partial charge in [-0.2, -0.15) is 0 Å². The second-order valence-electron chi connectivity index (χ2n) is 2.94. The summed E-state index contributed by atoms with van der Waals surface area (Å²) in [6.45, 7) is 0. The van der Waals surface area contributed by atoms with Crippen molar-refractivity contribution in [1.82, 2.24) is 0 Å². The number of aldehydes is 1. The number of hydrogen-bond donors (Lipinski definition) is 0. The number of alkyl halides is 1. The van der Waals surface area contributed by atoms with Crippen LogP contribution in [-0.4, -0.2) is 12.2 Å². The number of rotatable bonds is 3. The van der Waals surface area contributed by atoms with Crippen LogP contribution in [0.1, 0.15) is 28.8 Å². The molecule has 1 aromatic rings. The highest BCUT2D eigenvalue weighted by Gasteiger charge is 1.99. The standard InChI is InChI=1S/C12H10ClFO/c13-7-3-1-2-4-10-5-6-12(14)8-11(10)9-15/h5-6,8-9H,1,3,7H2. The Kier molecular flexibility index (Phi) is 4.86. The number of hydrogen-bond acceptors (Lipinski definition) is 1. The molecule has 0 fully saturated rings. The van der Waals surface area contributed by atoms with Gasteiger partial charge < -0.3 is 0 Å². The van der Waals surface area contributed by atoms with Crippen LogP contribution in [0.3, 0.4) is 0 Å². The molecule has 0 aromatic heterocycles. The first-order valence-electron chi connectivity index (χ1n) is 4.57. The van der Waals surface area contributed by atoms with Crippen molar-refractivity contribution in [3.63, 3.8) is 0 Å². The minimum absolute atomic E-state index is 0.286. The van der Waals surface area contributed by atoms with Crippen LogP contribution in [0.5, 0.6) is 0 Å². The van der Waals surface area contributed by atoms with E-state index in [0.717, 1.165) is 6.42 Å². The minimum Gasteiger partial charge on any atom is -0.298 e. The quantitative estimate of drug-likeness (QED) is 0.334. The van der Waals surface area contributed by atoms with Crippen LogP contribution in [0.2, 0.25) is 0 Å². The van der Waals surface area contributed by atoms with E-state index in [1.54, 1.807) is 0 Å². The highest BCUT2D eigenvalue weighted by Crippen LogP contribution is 2.08. The Balaban J connectivity index is 2.83. The average Bonchev–Trinajstić information content (AvgIpc) is 2.26. The van der Waals surface area contributed by atoms with E-state index in [1.807, 2.05) is 0 Å². The molecule has 0 aliphatic carbocycles. The first-order chi connectivity index (χ1) is 7.27. The summed E-state index contributed by atoms with van der Waals surface area (Å²) in [6.07, 6.45) is 2.10. The van der Waals surface area contributed by atoms with E-state index in [9.17, 15) is 9.18 Å². The van der Waals surface area contributed by atoms with Gasteiger partial charge in [0.25, 0.3) is 0 Å². The molecule has 0 radical (unpaired) electrons. The van der Waals surface area contributed by atoms with Crippen LogP contribution in [-0.2, 0) is 0 Å². The molecule has 1 aromatic carbocycles. The molecule has 0 unspecified atom stereocenters. The van der Waals surface area contributed by atoms with Gasteiger partial charge in [-0.1, -0.05) is 11.8 Å². The summed E-state index contributed by atoms with van der Waals surface area (Å²) >= 11 is 5.49. The van der Waals surface area contributed by atoms with E-state index < -0.39 is 5.82 Å². The van der Waals surface area contributed by atoms with E-state index >= 15 is 0 Å². The Hall–Kier alpha value is -1.33. The SMILES string of the molecule is O=Cc1cc(F)ccc1C#CCCCCl. The van der Waals surface area contributed by atoms with E-state index in [-0.39, 0.29) is 5.56 Å². The highest BCUT2D eigenvalue weighted by atomic mass is 35.5. The predicted molar refractivity (Wildman–Crippen MR) is 58.6 cm³/mol. The topological polar surface area (TPSA) is 17.1 Å². The smallest absolute Gasteiger partial charge is 0.151 e. The fourth-order valence-electron chi connectivity index (χ4n) is 1.06. The van der Waals surface area contributed by atoms with E-state index in [4.69, 9.17) is 11.6 Å². The first kappa shape index (κ1) is 11.7. The summed E-state index contributed by atoms with van der Waals surface area (Å²) in [7, 11) is 0. The molecular weight excluding hydrogens is 215 g/mol. The molecule has 0 spiro atoms. The van der Waals surface area contributed by atoms with Gasteiger partial charge in [0, 0.05) is 23.4 Å². The molecule has 0 aliphatic heterocycles. The summed E-state index contributed by atoms with van der Waals surface area (Å²) in [5.74, 6) is 5.84. The summed E-state index contributed by atoms with van der Waals surface area (Å²) in [5, 5.41) is 0. The predicted octanol–water partition coefficient (Wildman–Crippen LogP) is 3.01. The largest absolute Gasteiger partial charge is 0.298 e. The Bertz CT molecular complexity index is 404. The fourth-order valence-corrected chi connectivity index (χ4v) is 1.19. The van der Waals surface area contributed by atoms with Crippen molar-refractivity contribution >= 4 is 17.9 Å². The fraction of sp³-hybridized carbons (Fsp3) is 0.250. The molecule has 0 saturated heterocycles. The van der Waals surface area contributed by atoms with Crippen molar-refractivity contribution < 1.29 is 9.18 Å². The van der Waals surface area contributed by atoms with Crippen molar-refractivity contribution in [2.45, 2.75) is 12.8 Å². The van der Waals surface area contributed by atoms with Crippen molar-refractivity contribution in [1.29, 1.82) is 0 Å². The lowest BCUT2D eigenvalue weighted by molar-refractivity contribution is 0.112. The molecule has 0 atom stereocenters. The summed E-state index contributed by atoms with van der Waals surface area (Å²) in [4.78, 5) is 10.6. The molecule has 0 bridgehead atoms. The first-order valence-corrected chi connectivity index (χ1v) is 5.11. The molecule has 1 nitrogen and oxygen atoms in total. The van der Waals surface area contributed by atoms with Gasteiger partial charge in [-0.15, -0.1) is 11.6 Å². The summed E-state index contributed by atoms with van der Waals surface area (Å²) < 4.78 is 12.8. The highest BCUT2D eigenvalue weighted by molar-refractivity contribution is 6.17. The zero-order valence-corrected chi connectivity index (χ0v) is 8.85. The van der Waals surface area contributed by atoms with E-state index in [0.29, 0.717) is 24.2 Å².